The molecule has 4 nitrogen and oxygen atoms in total. The van der Waals surface area contributed by atoms with Crippen LogP contribution in [0.25, 0.3) is 0 Å². The zero-order valence-electron chi connectivity index (χ0n) is 10.7. The van der Waals surface area contributed by atoms with Crippen molar-refractivity contribution in [3.05, 3.63) is 29.3 Å². The van der Waals surface area contributed by atoms with E-state index in [0.717, 1.165) is 17.0 Å². The number of amides is 1. The van der Waals surface area contributed by atoms with Crippen molar-refractivity contribution in [1.29, 1.82) is 5.26 Å². The summed E-state index contributed by atoms with van der Waals surface area (Å²) in [7, 11) is 0. The normalized spacial score (nSPS) is 26.0. The molecule has 1 amide bonds. The van der Waals surface area contributed by atoms with Crippen LogP contribution in [0.3, 0.4) is 0 Å². The number of nitrogens with zero attached hydrogens (tertiary/aromatic N) is 2. The molecule has 0 spiro atoms. The van der Waals surface area contributed by atoms with E-state index in [0.29, 0.717) is 0 Å². The van der Waals surface area contributed by atoms with Gasteiger partial charge in [0.05, 0.1) is 29.2 Å². The molecule has 1 aromatic carbocycles. The van der Waals surface area contributed by atoms with Gasteiger partial charge in [-0.15, -0.1) is 0 Å². The van der Waals surface area contributed by atoms with Gasteiger partial charge in [0.2, 0.25) is 5.91 Å². The number of carbonyl (C=O) groups is 1. The highest BCUT2D eigenvalue weighted by atomic mass is 127. The van der Waals surface area contributed by atoms with Crippen LogP contribution in [0.1, 0.15) is 18.1 Å². The molecule has 0 aliphatic carbocycles. The van der Waals surface area contributed by atoms with Gasteiger partial charge in [-0.2, -0.15) is 18.4 Å². The number of hydrogen-bond acceptors (Lipinski definition) is 3. The Morgan fingerprint density at radius 2 is 2.05 bits per heavy atom. The van der Waals surface area contributed by atoms with E-state index >= 15 is 0 Å². The van der Waals surface area contributed by atoms with E-state index in [-0.39, 0.29) is 5.69 Å². The summed E-state index contributed by atoms with van der Waals surface area (Å²) >= 11 is 1.81. The number of halogens is 4. The van der Waals surface area contributed by atoms with Crippen LogP contribution < -0.4 is 4.90 Å². The standard InChI is InChI=1S/C13H10F3IN2O2/c1-6-10(20)11(17)19(12(6)21)8-3-2-7(5-18)9(4-8)13(14,15)16/h2-4,6,10-11,20H,1H3/t6-,10-,11+/m0/s1. The monoisotopic (exact) mass is 410 g/mol. The smallest absolute Gasteiger partial charge is 0.389 e. The van der Waals surface area contributed by atoms with Crippen LogP contribution >= 0.6 is 22.6 Å². The first-order valence-electron chi connectivity index (χ1n) is 5.95. The lowest BCUT2D eigenvalue weighted by Crippen LogP contribution is -2.32. The number of rotatable bonds is 1. The van der Waals surface area contributed by atoms with Crippen LogP contribution in [-0.2, 0) is 11.0 Å². The number of alkyl halides is 4. The summed E-state index contributed by atoms with van der Waals surface area (Å²) in [5.41, 5.74) is -1.57. The molecule has 3 atom stereocenters. The van der Waals surface area contributed by atoms with Gasteiger partial charge in [-0.1, -0.05) is 29.5 Å². The van der Waals surface area contributed by atoms with E-state index in [2.05, 4.69) is 0 Å². The average Bonchev–Trinajstić information content (AvgIpc) is 2.61. The fraction of sp³-hybridized carbons (Fsp3) is 0.385. The van der Waals surface area contributed by atoms with Gasteiger partial charge in [0.1, 0.15) is 4.05 Å². The molecule has 1 aromatic rings. The minimum atomic E-state index is -4.69. The quantitative estimate of drug-likeness (QED) is 0.440. The first-order valence-corrected chi connectivity index (χ1v) is 7.19. The molecule has 0 bridgehead atoms. The van der Waals surface area contributed by atoms with Crippen LogP contribution in [-0.4, -0.2) is 21.2 Å². The molecule has 0 aromatic heterocycles. The molecule has 1 fully saturated rings. The Morgan fingerprint density at radius 3 is 2.48 bits per heavy atom. The highest BCUT2D eigenvalue weighted by Gasteiger charge is 2.45. The van der Waals surface area contributed by atoms with Crippen molar-refractivity contribution in [1.82, 2.24) is 0 Å². The van der Waals surface area contributed by atoms with Crippen LogP contribution in [0, 0.1) is 17.2 Å². The lowest BCUT2D eigenvalue weighted by molar-refractivity contribution is -0.137. The summed E-state index contributed by atoms with van der Waals surface area (Å²) in [6.07, 6.45) is -5.64. The summed E-state index contributed by atoms with van der Waals surface area (Å²) in [4.78, 5) is 13.2. The van der Waals surface area contributed by atoms with Gasteiger partial charge in [0.15, 0.2) is 0 Å². The maximum atomic E-state index is 12.9. The first-order chi connectivity index (χ1) is 9.68. The Kier molecular flexibility index (Phi) is 4.17. The molecule has 1 saturated heterocycles. The minimum Gasteiger partial charge on any atom is -0.389 e. The molecule has 1 aliphatic heterocycles. The number of aliphatic hydroxyl groups excluding tert-OH is 1. The Hall–Kier alpha value is -1.34. The van der Waals surface area contributed by atoms with Gasteiger partial charge in [-0.05, 0) is 18.2 Å². The van der Waals surface area contributed by atoms with Crippen molar-refractivity contribution in [2.75, 3.05) is 4.90 Å². The van der Waals surface area contributed by atoms with Gasteiger partial charge in [-0.3, -0.25) is 9.69 Å². The molecule has 112 valence electrons. The van der Waals surface area contributed by atoms with Crippen molar-refractivity contribution >= 4 is 34.2 Å². The molecule has 2 rings (SSSR count). The van der Waals surface area contributed by atoms with Gasteiger partial charge in [0, 0.05) is 5.69 Å². The predicted octanol–water partition coefficient (Wildman–Crippen LogP) is 2.68. The fourth-order valence-corrected chi connectivity index (χ4v) is 3.38. The highest BCUT2D eigenvalue weighted by molar-refractivity contribution is 14.1. The SMILES string of the molecule is C[C@@H]1C(=O)N(c2ccc(C#N)c(C(F)(F)F)c2)[C@@H](I)[C@H]1O. The average molecular weight is 410 g/mol. The van der Waals surface area contributed by atoms with Crippen LogP contribution in [0.2, 0.25) is 0 Å². The molecule has 1 aliphatic rings. The van der Waals surface area contributed by atoms with Gasteiger partial charge >= 0.3 is 6.18 Å². The molecule has 8 heteroatoms. The summed E-state index contributed by atoms with van der Waals surface area (Å²) in [5, 5.41) is 18.6. The molecule has 0 radical (unpaired) electrons. The minimum absolute atomic E-state index is 0.0223. The summed E-state index contributed by atoms with van der Waals surface area (Å²) < 4.78 is 38.2. The van der Waals surface area contributed by atoms with E-state index < -0.39 is 39.3 Å². The zero-order chi connectivity index (χ0) is 15.9. The molecule has 1 heterocycles. The largest absolute Gasteiger partial charge is 0.417 e. The maximum Gasteiger partial charge on any atom is 0.417 e. The third-order valence-electron chi connectivity index (χ3n) is 3.37. The number of nitriles is 1. The van der Waals surface area contributed by atoms with Crippen LogP contribution in [0.15, 0.2) is 18.2 Å². The van der Waals surface area contributed by atoms with Crippen molar-refractivity contribution in [3.63, 3.8) is 0 Å². The van der Waals surface area contributed by atoms with E-state index in [9.17, 15) is 23.1 Å². The van der Waals surface area contributed by atoms with Crippen molar-refractivity contribution in [2.45, 2.75) is 23.3 Å². The van der Waals surface area contributed by atoms with Gasteiger partial charge in [-0.25, -0.2) is 0 Å². The zero-order valence-corrected chi connectivity index (χ0v) is 12.9. The topological polar surface area (TPSA) is 64.3 Å². The maximum absolute atomic E-state index is 12.9. The Bertz CT molecular complexity index is 627. The number of anilines is 1. The molecule has 21 heavy (non-hydrogen) atoms. The highest BCUT2D eigenvalue weighted by Crippen LogP contribution is 2.38. The Labute approximate surface area is 132 Å². The lowest BCUT2D eigenvalue weighted by atomic mass is 10.1. The van der Waals surface area contributed by atoms with Gasteiger partial charge < -0.3 is 5.11 Å². The summed E-state index contributed by atoms with van der Waals surface area (Å²) in [5.74, 6) is -1.13. The van der Waals surface area contributed by atoms with Crippen molar-refractivity contribution in [3.8, 4) is 6.07 Å². The first kappa shape index (κ1) is 16.0. The predicted molar refractivity (Wildman–Crippen MR) is 76.6 cm³/mol. The number of aliphatic hydroxyl groups is 1. The number of carbonyl (C=O) groups excluding carboxylic acids is 1. The van der Waals surface area contributed by atoms with Crippen molar-refractivity contribution in [2.24, 2.45) is 5.92 Å². The van der Waals surface area contributed by atoms with Gasteiger partial charge in [0.25, 0.3) is 0 Å². The summed E-state index contributed by atoms with van der Waals surface area (Å²) in [6.45, 7) is 1.52. The van der Waals surface area contributed by atoms with Crippen LogP contribution in [0.5, 0.6) is 0 Å². The molecule has 0 unspecified atom stereocenters. The van der Waals surface area contributed by atoms with E-state index in [1.54, 1.807) is 0 Å². The lowest BCUT2D eigenvalue weighted by Gasteiger charge is -2.22. The Morgan fingerprint density at radius 1 is 1.43 bits per heavy atom. The fourth-order valence-electron chi connectivity index (χ4n) is 2.16. The van der Waals surface area contributed by atoms with Crippen LogP contribution in [0.4, 0.5) is 18.9 Å². The third kappa shape index (κ3) is 2.72. The number of hydrogen-bond donors (Lipinski definition) is 1. The molecular formula is C13H10F3IN2O2. The van der Waals surface area contributed by atoms with E-state index in [4.69, 9.17) is 5.26 Å². The van der Waals surface area contributed by atoms with Crippen molar-refractivity contribution < 1.29 is 23.1 Å². The Balaban J connectivity index is 2.52. The second-order valence-electron chi connectivity index (χ2n) is 4.70. The van der Waals surface area contributed by atoms with E-state index in [1.807, 2.05) is 22.6 Å². The molecule has 0 saturated carbocycles. The molecule has 1 N–H and O–H groups in total. The third-order valence-corrected chi connectivity index (χ3v) is 4.67. The molecular weight excluding hydrogens is 400 g/mol. The van der Waals surface area contributed by atoms with E-state index in [1.165, 1.54) is 19.1 Å². The number of benzene rings is 1. The summed E-state index contributed by atoms with van der Waals surface area (Å²) in [6, 6.07) is 4.57. The second-order valence-corrected chi connectivity index (χ2v) is 5.98. The second kappa shape index (κ2) is 5.46.